The highest BCUT2D eigenvalue weighted by molar-refractivity contribution is 7.17. The second kappa shape index (κ2) is 7.85. The summed E-state index contributed by atoms with van der Waals surface area (Å²) in [6.45, 7) is 2.25. The number of thiophene rings is 1. The first-order valence-electron chi connectivity index (χ1n) is 8.53. The van der Waals surface area contributed by atoms with Gasteiger partial charge in [-0.05, 0) is 29.8 Å². The van der Waals surface area contributed by atoms with Crippen LogP contribution in [0.1, 0.15) is 20.8 Å². The van der Waals surface area contributed by atoms with Gasteiger partial charge in [-0.25, -0.2) is 4.79 Å². The molecule has 3 rings (SSSR count). The Hall–Kier alpha value is -2.13. The number of hydrogen-bond acceptors (Lipinski definition) is 4. The molecule has 1 aromatic heterocycles. The van der Waals surface area contributed by atoms with Crippen LogP contribution in [0, 0.1) is 0 Å². The van der Waals surface area contributed by atoms with Gasteiger partial charge in [0.15, 0.2) is 0 Å². The summed E-state index contributed by atoms with van der Waals surface area (Å²) in [6, 6.07) is 6.28. The van der Waals surface area contributed by atoms with E-state index in [4.69, 9.17) is 17.3 Å². The molecule has 2 aromatic rings. The molecule has 1 unspecified atom stereocenters. The Balaban J connectivity index is 1.81. The third-order valence-corrected chi connectivity index (χ3v) is 6.12. The van der Waals surface area contributed by atoms with Gasteiger partial charge < -0.3 is 20.6 Å². The van der Waals surface area contributed by atoms with Crippen molar-refractivity contribution in [3.63, 3.8) is 0 Å². The topological polar surface area (TPSA) is 104 Å². The number of rotatable bonds is 5. The number of halogens is 1. The zero-order chi connectivity index (χ0) is 19.6. The van der Waals surface area contributed by atoms with Crippen molar-refractivity contribution in [2.75, 3.05) is 37.4 Å². The molecule has 1 atom stereocenters. The van der Waals surface area contributed by atoms with Crippen LogP contribution in [0.15, 0.2) is 24.3 Å². The maximum atomic E-state index is 12.3. The van der Waals surface area contributed by atoms with E-state index in [1.165, 1.54) is 11.3 Å². The quantitative estimate of drug-likeness (QED) is 0.570. The number of carbonyl (C=O) groups is 2. The number of primary amides is 1. The van der Waals surface area contributed by atoms with Crippen LogP contribution in [-0.4, -0.2) is 48.3 Å². The molecule has 0 saturated carbocycles. The number of amides is 3. The number of fused-ring (bicyclic) bond motifs is 1. The average Bonchev–Trinajstić information content (AvgIpc) is 2.93. The van der Waals surface area contributed by atoms with Gasteiger partial charge in [0.05, 0.1) is 30.6 Å². The van der Waals surface area contributed by atoms with E-state index in [0.29, 0.717) is 45.3 Å². The first-order chi connectivity index (χ1) is 12.8. The molecule has 0 aliphatic carbocycles. The van der Waals surface area contributed by atoms with E-state index in [1.54, 1.807) is 24.3 Å². The molecule has 2 heterocycles. The van der Waals surface area contributed by atoms with Gasteiger partial charge in [0, 0.05) is 17.1 Å². The zero-order valence-electron chi connectivity index (χ0n) is 14.9. The summed E-state index contributed by atoms with van der Waals surface area (Å²) in [5, 5.41) is 15.8. The molecule has 144 valence electrons. The normalized spacial score (nSPS) is 18.6. The van der Waals surface area contributed by atoms with Gasteiger partial charge in [0.1, 0.15) is 18.1 Å². The van der Waals surface area contributed by atoms with Gasteiger partial charge >= 0.3 is 6.03 Å². The zero-order valence-corrected chi connectivity index (χ0v) is 16.5. The number of aliphatic hydroxyl groups excluding tert-OH is 1. The Morgan fingerprint density at radius 3 is 2.63 bits per heavy atom. The Bertz CT molecular complexity index is 868. The summed E-state index contributed by atoms with van der Waals surface area (Å²) in [5.41, 5.74) is 7.47. The van der Waals surface area contributed by atoms with Gasteiger partial charge in [-0.1, -0.05) is 11.6 Å². The largest absolute Gasteiger partial charge is 0.391 e. The predicted octanol–water partition coefficient (Wildman–Crippen LogP) is 2.64. The lowest BCUT2D eigenvalue weighted by Gasteiger charge is -2.37. The molecule has 1 aliphatic rings. The van der Waals surface area contributed by atoms with Crippen LogP contribution in [-0.2, 0) is 13.0 Å². The van der Waals surface area contributed by atoms with E-state index in [-0.39, 0.29) is 6.61 Å². The van der Waals surface area contributed by atoms with Crippen molar-refractivity contribution in [3.05, 3.63) is 45.3 Å². The van der Waals surface area contributed by atoms with E-state index < -0.39 is 11.9 Å². The number of nitrogens with one attached hydrogen (secondary N) is 2. The summed E-state index contributed by atoms with van der Waals surface area (Å²) in [7, 11) is 2.07. The number of hydrogen-bond donors (Lipinski definition) is 4. The number of quaternary nitrogens is 1. The smallest absolute Gasteiger partial charge is 0.324 e. The number of urea groups is 1. The van der Waals surface area contributed by atoms with Crippen LogP contribution in [0.5, 0.6) is 0 Å². The summed E-state index contributed by atoms with van der Waals surface area (Å²) in [5.74, 6) is -0.549. The highest BCUT2D eigenvalue weighted by atomic mass is 35.5. The molecule has 1 aromatic carbocycles. The lowest BCUT2D eigenvalue weighted by molar-refractivity contribution is -0.924. The highest BCUT2D eigenvalue weighted by Crippen LogP contribution is 2.38. The first-order valence-corrected chi connectivity index (χ1v) is 9.73. The van der Waals surface area contributed by atoms with E-state index in [2.05, 4.69) is 17.7 Å². The second-order valence-corrected chi connectivity index (χ2v) is 8.40. The van der Waals surface area contributed by atoms with Crippen molar-refractivity contribution in [1.29, 1.82) is 0 Å². The monoisotopic (exact) mass is 409 g/mol. The predicted molar refractivity (Wildman–Crippen MR) is 107 cm³/mol. The fraction of sp³-hybridized carbons (Fsp3) is 0.333. The third-order valence-electron chi connectivity index (χ3n) is 4.73. The third kappa shape index (κ3) is 4.41. The molecule has 1 aliphatic heterocycles. The van der Waals surface area contributed by atoms with Crippen molar-refractivity contribution >= 4 is 45.6 Å². The molecule has 27 heavy (non-hydrogen) atoms. The number of carbonyl (C=O) groups excluding carboxylic acids is 2. The average molecular weight is 410 g/mol. The maximum Gasteiger partial charge on any atom is 0.324 e. The minimum Gasteiger partial charge on any atom is -0.391 e. The Labute approximate surface area is 166 Å². The Morgan fingerprint density at radius 1 is 1.30 bits per heavy atom. The van der Waals surface area contributed by atoms with Crippen molar-refractivity contribution in [2.24, 2.45) is 5.73 Å². The van der Waals surface area contributed by atoms with Gasteiger partial charge in [-0.2, -0.15) is 0 Å². The number of nitrogens with two attached hydrogens (primary N) is 1. The number of aliphatic hydroxyl groups is 1. The molecule has 0 fully saturated rings. The molecular formula is C18H22ClN4O3S+. The van der Waals surface area contributed by atoms with Crippen LogP contribution < -0.4 is 16.4 Å². The maximum absolute atomic E-state index is 12.3. The highest BCUT2D eigenvalue weighted by Gasteiger charge is 2.34. The molecule has 0 saturated heterocycles. The molecule has 0 spiro atoms. The van der Waals surface area contributed by atoms with Crippen molar-refractivity contribution in [3.8, 4) is 0 Å². The number of nitrogens with zero attached hydrogens (tertiary/aromatic N) is 1. The lowest BCUT2D eigenvalue weighted by Crippen LogP contribution is -2.49. The number of likely N-dealkylation sites (N-methyl/N-ethyl adjacent to an activating group) is 1. The van der Waals surface area contributed by atoms with E-state index in [0.717, 1.165) is 17.0 Å². The van der Waals surface area contributed by atoms with Gasteiger partial charge in [-0.3, -0.25) is 10.1 Å². The van der Waals surface area contributed by atoms with Crippen LogP contribution >= 0.6 is 22.9 Å². The Kier molecular flexibility index (Phi) is 5.71. The van der Waals surface area contributed by atoms with Crippen molar-refractivity contribution in [2.45, 2.75) is 13.0 Å². The standard InChI is InChI=1S/C18H21ClN4O3S/c1-23(8-9-24)7-6-13-14(10-23)27-17(15(13)16(20)25)22-18(26)21-12-4-2-11(19)3-5-12/h2-5,24H,6-10H2,1H3,(H3-,20,21,22,25,26)/p+1. The van der Waals surface area contributed by atoms with E-state index >= 15 is 0 Å². The number of anilines is 2. The summed E-state index contributed by atoms with van der Waals surface area (Å²) < 4.78 is 0.693. The van der Waals surface area contributed by atoms with Gasteiger partial charge in [0.25, 0.3) is 5.91 Å². The fourth-order valence-corrected chi connectivity index (χ4v) is 4.84. The lowest BCUT2D eigenvalue weighted by atomic mass is 10.0. The number of benzene rings is 1. The molecule has 5 N–H and O–H groups in total. The SMILES string of the molecule is C[N+]1(CCO)CCc2c(sc(NC(=O)Nc3ccc(Cl)cc3)c2C(N)=O)C1. The first kappa shape index (κ1) is 19.6. The van der Waals surface area contributed by atoms with Gasteiger partial charge in [-0.15, -0.1) is 11.3 Å². The van der Waals surface area contributed by atoms with Crippen molar-refractivity contribution in [1.82, 2.24) is 0 Å². The van der Waals surface area contributed by atoms with Crippen molar-refractivity contribution < 1.29 is 19.2 Å². The van der Waals surface area contributed by atoms with E-state index in [9.17, 15) is 14.7 Å². The van der Waals surface area contributed by atoms with Crippen LogP contribution in [0.25, 0.3) is 0 Å². The summed E-state index contributed by atoms with van der Waals surface area (Å²) in [4.78, 5) is 25.4. The Morgan fingerprint density at radius 2 is 2.00 bits per heavy atom. The van der Waals surface area contributed by atoms with Crippen LogP contribution in [0.3, 0.4) is 0 Å². The molecule has 7 nitrogen and oxygen atoms in total. The molecule has 0 bridgehead atoms. The minimum absolute atomic E-state index is 0.106. The molecule has 9 heteroatoms. The summed E-state index contributed by atoms with van der Waals surface area (Å²) >= 11 is 7.21. The molecule has 0 radical (unpaired) electrons. The fourth-order valence-electron chi connectivity index (χ4n) is 3.29. The van der Waals surface area contributed by atoms with Crippen LogP contribution in [0.4, 0.5) is 15.5 Å². The van der Waals surface area contributed by atoms with E-state index in [1.807, 2.05) is 0 Å². The van der Waals surface area contributed by atoms with Crippen LogP contribution in [0.2, 0.25) is 5.02 Å². The van der Waals surface area contributed by atoms with Gasteiger partial charge in [0.2, 0.25) is 0 Å². The molecular weight excluding hydrogens is 388 g/mol. The molecule has 3 amide bonds. The minimum atomic E-state index is -0.549. The second-order valence-electron chi connectivity index (χ2n) is 6.86. The summed E-state index contributed by atoms with van der Waals surface area (Å²) in [6.07, 6.45) is 0.682.